The van der Waals surface area contributed by atoms with E-state index in [1.807, 2.05) is 161 Å². The fourth-order valence-electron chi connectivity index (χ4n) is 7.09. The predicted octanol–water partition coefficient (Wildman–Crippen LogP) is 10.0. The molecule has 6 rings (SSSR count). The van der Waals surface area contributed by atoms with Gasteiger partial charge in [0, 0.05) is 0 Å². The fourth-order valence-corrected chi connectivity index (χ4v) is 8.61. The lowest BCUT2D eigenvalue weighted by Crippen LogP contribution is -2.60. The maximum atomic E-state index is 14.6. The van der Waals surface area contributed by atoms with Crippen molar-refractivity contribution >= 4 is 15.9 Å². The lowest BCUT2D eigenvalue weighted by Gasteiger charge is -2.42. The van der Waals surface area contributed by atoms with Crippen molar-refractivity contribution < 1.29 is 32.1 Å². The SMILES string of the molecule is CC(C)c1cc(C(C)C)c(S(=O)(=O)N/N=C2\O[C@H](COCc3ccccc3)[C@@H](OCc3ccccc3)[C@H](OCc3ccccc3)[C@H]2OCc2ccccc2)c(C(C)C)c1. The number of rotatable bonds is 19. The van der Waals surface area contributed by atoms with E-state index in [1.165, 1.54) is 0 Å². The first-order valence-electron chi connectivity index (χ1n) is 20.5. The Morgan fingerprint density at radius 1 is 0.576 bits per heavy atom. The highest BCUT2D eigenvalue weighted by Gasteiger charge is 2.48. The molecule has 1 heterocycles. The summed E-state index contributed by atoms with van der Waals surface area (Å²) >= 11 is 0. The third kappa shape index (κ3) is 11.9. The van der Waals surface area contributed by atoms with E-state index in [0.717, 1.165) is 38.9 Å². The molecule has 9 nitrogen and oxygen atoms in total. The van der Waals surface area contributed by atoms with E-state index in [4.69, 9.17) is 23.7 Å². The van der Waals surface area contributed by atoms with Gasteiger partial charge in [0.2, 0.25) is 5.90 Å². The summed E-state index contributed by atoms with van der Waals surface area (Å²) in [5.41, 5.74) is 6.39. The van der Waals surface area contributed by atoms with Gasteiger partial charge in [-0.3, -0.25) is 0 Å². The van der Waals surface area contributed by atoms with E-state index in [1.54, 1.807) is 0 Å². The van der Waals surface area contributed by atoms with Gasteiger partial charge in [0.1, 0.15) is 12.2 Å². The minimum Gasteiger partial charge on any atom is -0.469 e. The van der Waals surface area contributed by atoms with Crippen molar-refractivity contribution in [1.29, 1.82) is 0 Å². The second-order valence-corrected chi connectivity index (χ2v) is 17.5. The molecule has 0 radical (unpaired) electrons. The quantitative estimate of drug-likeness (QED) is 0.0828. The number of hydrogen-bond acceptors (Lipinski definition) is 8. The molecule has 0 saturated carbocycles. The summed E-state index contributed by atoms with van der Waals surface area (Å²) in [6, 6.07) is 43.4. The number of sulfonamides is 1. The zero-order valence-electron chi connectivity index (χ0n) is 35.0. The first-order valence-corrected chi connectivity index (χ1v) is 22.0. The van der Waals surface area contributed by atoms with E-state index in [2.05, 4.69) is 23.8 Å². The van der Waals surface area contributed by atoms with Crippen LogP contribution in [0.4, 0.5) is 0 Å². The van der Waals surface area contributed by atoms with Gasteiger partial charge in [-0.1, -0.05) is 175 Å². The monoisotopic (exact) mass is 818 g/mol. The van der Waals surface area contributed by atoms with Crippen LogP contribution < -0.4 is 4.83 Å². The Hall–Kier alpha value is -4.84. The number of nitrogens with one attached hydrogen (secondary N) is 1. The maximum absolute atomic E-state index is 14.6. The summed E-state index contributed by atoms with van der Waals surface area (Å²) in [4.78, 5) is 2.83. The lowest BCUT2D eigenvalue weighted by molar-refractivity contribution is -0.196. The average molecular weight is 819 g/mol. The summed E-state index contributed by atoms with van der Waals surface area (Å²) in [7, 11) is -4.22. The van der Waals surface area contributed by atoms with Crippen LogP contribution in [0, 0.1) is 0 Å². The Balaban J connectivity index is 1.42. The number of hydrogen-bond donors (Lipinski definition) is 1. The van der Waals surface area contributed by atoms with Crippen LogP contribution in [0.15, 0.2) is 143 Å². The molecule has 0 amide bonds. The minimum atomic E-state index is -4.22. The summed E-state index contributed by atoms with van der Waals surface area (Å²) in [5, 5.41) is 4.60. The summed E-state index contributed by atoms with van der Waals surface area (Å²) in [6.07, 6.45) is -3.25. The molecule has 59 heavy (non-hydrogen) atoms. The van der Waals surface area contributed by atoms with Crippen LogP contribution in [0.25, 0.3) is 0 Å². The van der Waals surface area contributed by atoms with Crippen LogP contribution in [0.3, 0.4) is 0 Å². The summed E-state index contributed by atoms with van der Waals surface area (Å²) < 4.78 is 62.5. The van der Waals surface area contributed by atoms with E-state index >= 15 is 0 Å². The number of benzene rings is 5. The second kappa shape index (κ2) is 20.9. The molecule has 1 aliphatic rings. The Morgan fingerprint density at radius 3 is 1.44 bits per heavy atom. The highest BCUT2D eigenvalue weighted by atomic mass is 32.2. The van der Waals surface area contributed by atoms with Gasteiger partial charge in [0.25, 0.3) is 10.0 Å². The van der Waals surface area contributed by atoms with Crippen LogP contribution in [0.1, 0.15) is 98.2 Å². The molecule has 1 aliphatic heterocycles. The molecular weight excluding hydrogens is 761 g/mol. The standard InChI is InChI=1S/C49H58N2O7S/c1-34(2)41-27-42(35(3)4)48(43(28-41)36(5)6)59(52,53)51-50-49-47(57-32-40-25-17-10-18-26-40)46(56-31-39-23-15-9-16-24-39)45(55-30-38-21-13-8-14-22-38)44(58-49)33-54-29-37-19-11-7-12-20-37/h7-28,34-36,44-47,51H,29-33H2,1-6H3/b50-49-/t44-,45-,46+,47-/m1/s1. The van der Waals surface area contributed by atoms with E-state index in [0.29, 0.717) is 6.61 Å². The molecule has 1 N–H and O–H groups in total. The van der Waals surface area contributed by atoms with Crippen molar-refractivity contribution in [3.63, 3.8) is 0 Å². The number of hydrazone groups is 1. The Labute approximate surface area is 350 Å². The van der Waals surface area contributed by atoms with Crippen LogP contribution in [-0.4, -0.2) is 45.3 Å². The van der Waals surface area contributed by atoms with Gasteiger partial charge < -0.3 is 23.7 Å². The van der Waals surface area contributed by atoms with Gasteiger partial charge in [-0.25, -0.2) is 0 Å². The number of nitrogens with zero attached hydrogens (tertiary/aromatic N) is 1. The average Bonchev–Trinajstić information content (AvgIpc) is 3.24. The van der Waals surface area contributed by atoms with Crippen molar-refractivity contribution in [2.24, 2.45) is 5.10 Å². The highest BCUT2D eigenvalue weighted by Crippen LogP contribution is 2.35. The summed E-state index contributed by atoms with van der Waals surface area (Å²) in [6.45, 7) is 13.4. The first-order chi connectivity index (χ1) is 28.5. The zero-order chi connectivity index (χ0) is 41.8. The van der Waals surface area contributed by atoms with Crippen molar-refractivity contribution in [3.8, 4) is 0 Å². The largest absolute Gasteiger partial charge is 0.469 e. The van der Waals surface area contributed by atoms with Gasteiger partial charge in [0.15, 0.2) is 12.2 Å². The zero-order valence-corrected chi connectivity index (χ0v) is 35.8. The van der Waals surface area contributed by atoms with E-state index in [-0.39, 0.29) is 55.0 Å². The van der Waals surface area contributed by atoms with Gasteiger partial charge in [0.05, 0.1) is 37.9 Å². The van der Waals surface area contributed by atoms with Gasteiger partial charge >= 0.3 is 0 Å². The van der Waals surface area contributed by atoms with Crippen molar-refractivity contribution in [3.05, 3.63) is 172 Å². The predicted molar refractivity (Wildman–Crippen MR) is 232 cm³/mol. The Kier molecular flexibility index (Phi) is 15.5. The lowest BCUT2D eigenvalue weighted by atomic mass is 9.89. The molecule has 0 aliphatic carbocycles. The molecule has 0 spiro atoms. The molecule has 4 atom stereocenters. The van der Waals surface area contributed by atoms with Gasteiger partial charge in [-0.15, -0.1) is 5.10 Å². The second-order valence-electron chi connectivity index (χ2n) is 15.9. The van der Waals surface area contributed by atoms with Crippen LogP contribution >= 0.6 is 0 Å². The topological polar surface area (TPSA) is 105 Å². The van der Waals surface area contributed by atoms with Crippen LogP contribution in [0.2, 0.25) is 0 Å². The molecule has 0 unspecified atom stereocenters. The molecule has 5 aromatic rings. The third-order valence-electron chi connectivity index (χ3n) is 10.4. The highest BCUT2D eigenvalue weighted by molar-refractivity contribution is 7.89. The van der Waals surface area contributed by atoms with Crippen LogP contribution in [0.5, 0.6) is 0 Å². The molecule has 10 heteroatoms. The first kappa shape index (κ1) is 43.7. The molecule has 0 bridgehead atoms. The fraction of sp³-hybridized carbons (Fsp3) is 0.367. The molecule has 312 valence electrons. The maximum Gasteiger partial charge on any atom is 0.277 e. The van der Waals surface area contributed by atoms with Crippen molar-refractivity contribution in [1.82, 2.24) is 4.83 Å². The van der Waals surface area contributed by atoms with E-state index in [9.17, 15) is 8.42 Å². The molecule has 1 fully saturated rings. The summed E-state index contributed by atoms with van der Waals surface area (Å²) in [5.74, 6) is 0.107. The number of ether oxygens (including phenoxy) is 5. The third-order valence-corrected chi connectivity index (χ3v) is 11.7. The van der Waals surface area contributed by atoms with Crippen molar-refractivity contribution in [2.45, 2.75) is 115 Å². The molecule has 5 aromatic carbocycles. The minimum absolute atomic E-state index is 0.0198. The van der Waals surface area contributed by atoms with Gasteiger partial charge in [-0.05, 0) is 56.7 Å². The van der Waals surface area contributed by atoms with E-state index < -0.39 is 34.4 Å². The Bertz CT molecular complexity index is 2150. The molecular formula is C49H58N2O7S. The molecule has 1 saturated heterocycles. The van der Waals surface area contributed by atoms with Crippen molar-refractivity contribution in [2.75, 3.05) is 6.61 Å². The van der Waals surface area contributed by atoms with Gasteiger partial charge in [-0.2, -0.15) is 13.2 Å². The smallest absolute Gasteiger partial charge is 0.277 e. The Morgan fingerprint density at radius 2 is 1.00 bits per heavy atom. The molecule has 0 aromatic heterocycles. The van der Waals surface area contributed by atoms with Crippen LogP contribution in [-0.2, 0) is 60.1 Å². The normalized spacial score (nSPS) is 19.0.